The van der Waals surface area contributed by atoms with Gasteiger partial charge in [-0.1, -0.05) is 28.1 Å². The van der Waals surface area contributed by atoms with Gasteiger partial charge >= 0.3 is 5.97 Å². The summed E-state index contributed by atoms with van der Waals surface area (Å²) in [6, 6.07) is 12.5. The average Bonchev–Trinajstić information content (AvgIpc) is 2.46. The van der Waals surface area contributed by atoms with Gasteiger partial charge in [0.2, 0.25) is 0 Å². The third-order valence-corrected chi connectivity index (χ3v) is 3.30. The third-order valence-electron chi connectivity index (χ3n) is 2.77. The predicted molar refractivity (Wildman–Crippen MR) is 78.9 cm³/mol. The first kappa shape index (κ1) is 14.5. The fraction of sp³-hybridized carbons (Fsp3) is 0.133. The van der Waals surface area contributed by atoms with Crippen LogP contribution in [0.25, 0.3) is 0 Å². The summed E-state index contributed by atoms with van der Waals surface area (Å²) in [5.74, 6) is -0.868. The van der Waals surface area contributed by atoms with Crippen molar-refractivity contribution in [2.45, 2.75) is 6.04 Å². The van der Waals surface area contributed by atoms with E-state index in [2.05, 4.69) is 21.2 Å². The monoisotopic (exact) mass is 337 g/mol. The maximum absolute atomic E-state index is 13.3. The summed E-state index contributed by atoms with van der Waals surface area (Å²) >= 11 is 3.34. The molecule has 1 N–H and O–H groups in total. The van der Waals surface area contributed by atoms with Gasteiger partial charge in [0, 0.05) is 10.2 Å². The first-order valence-corrected chi connectivity index (χ1v) is 6.75. The van der Waals surface area contributed by atoms with Gasteiger partial charge in [0.1, 0.15) is 5.82 Å². The van der Waals surface area contributed by atoms with E-state index in [0.717, 1.165) is 10.2 Å². The van der Waals surface area contributed by atoms with Crippen molar-refractivity contribution in [2.75, 3.05) is 12.4 Å². The zero-order valence-corrected chi connectivity index (χ0v) is 12.4. The van der Waals surface area contributed by atoms with Gasteiger partial charge in [-0.3, -0.25) is 0 Å². The SMILES string of the molecule is COC(=O)C(Nc1ccc(Br)cc1)c1cccc(F)c1. The summed E-state index contributed by atoms with van der Waals surface area (Å²) in [6.07, 6.45) is 0. The van der Waals surface area contributed by atoms with Crippen LogP contribution in [-0.2, 0) is 9.53 Å². The number of anilines is 1. The van der Waals surface area contributed by atoms with Gasteiger partial charge in [0.25, 0.3) is 0 Å². The van der Waals surface area contributed by atoms with Crippen LogP contribution >= 0.6 is 15.9 Å². The van der Waals surface area contributed by atoms with Gasteiger partial charge < -0.3 is 10.1 Å². The second-order valence-corrected chi connectivity index (χ2v) is 5.08. The number of carbonyl (C=O) groups is 1. The number of hydrogen-bond acceptors (Lipinski definition) is 3. The van der Waals surface area contributed by atoms with Gasteiger partial charge in [-0.2, -0.15) is 0 Å². The first-order chi connectivity index (χ1) is 9.60. The lowest BCUT2D eigenvalue weighted by Crippen LogP contribution is -2.22. The Hall–Kier alpha value is -1.88. The highest BCUT2D eigenvalue weighted by Gasteiger charge is 2.21. The third kappa shape index (κ3) is 3.57. The van der Waals surface area contributed by atoms with E-state index in [1.54, 1.807) is 12.1 Å². The summed E-state index contributed by atoms with van der Waals surface area (Å²) in [5.41, 5.74) is 1.26. The Kier molecular flexibility index (Phi) is 4.74. The Morgan fingerprint density at radius 2 is 1.95 bits per heavy atom. The maximum Gasteiger partial charge on any atom is 0.332 e. The summed E-state index contributed by atoms with van der Waals surface area (Å²) < 4.78 is 19.0. The van der Waals surface area contributed by atoms with Crippen molar-refractivity contribution in [1.82, 2.24) is 0 Å². The molecule has 0 aliphatic carbocycles. The summed E-state index contributed by atoms with van der Waals surface area (Å²) in [4.78, 5) is 11.9. The van der Waals surface area contributed by atoms with Crippen LogP contribution in [0.4, 0.5) is 10.1 Å². The topological polar surface area (TPSA) is 38.3 Å². The molecule has 0 amide bonds. The van der Waals surface area contributed by atoms with E-state index in [-0.39, 0.29) is 0 Å². The highest BCUT2D eigenvalue weighted by Crippen LogP contribution is 2.23. The van der Waals surface area contributed by atoms with Crippen molar-refractivity contribution in [3.05, 3.63) is 64.4 Å². The van der Waals surface area contributed by atoms with Gasteiger partial charge in [0.05, 0.1) is 7.11 Å². The molecule has 5 heteroatoms. The number of carbonyl (C=O) groups excluding carboxylic acids is 1. The molecule has 2 aromatic carbocycles. The van der Waals surface area contributed by atoms with E-state index in [4.69, 9.17) is 4.74 Å². The molecule has 0 heterocycles. The van der Waals surface area contributed by atoms with Crippen LogP contribution in [0.3, 0.4) is 0 Å². The zero-order chi connectivity index (χ0) is 14.5. The first-order valence-electron chi connectivity index (χ1n) is 5.95. The lowest BCUT2D eigenvalue weighted by Gasteiger charge is -2.18. The second kappa shape index (κ2) is 6.52. The molecular formula is C15H13BrFNO2. The largest absolute Gasteiger partial charge is 0.467 e. The molecule has 0 spiro atoms. The van der Waals surface area contributed by atoms with Crippen LogP contribution in [-0.4, -0.2) is 13.1 Å². The Labute approximate surface area is 124 Å². The van der Waals surface area contributed by atoms with Crippen LogP contribution in [0.15, 0.2) is 53.0 Å². The van der Waals surface area contributed by atoms with E-state index >= 15 is 0 Å². The number of rotatable bonds is 4. The standard InChI is InChI=1S/C15H13BrFNO2/c1-20-15(19)14(10-3-2-4-12(17)9-10)18-13-7-5-11(16)6-8-13/h2-9,14,18H,1H3. The van der Waals surface area contributed by atoms with E-state index in [9.17, 15) is 9.18 Å². The molecule has 2 aromatic rings. The number of ether oxygens (including phenoxy) is 1. The lowest BCUT2D eigenvalue weighted by atomic mass is 10.1. The van der Waals surface area contributed by atoms with Crippen molar-refractivity contribution in [3.8, 4) is 0 Å². The Bertz CT molecular complexity index is 601. The van der Waals surface area contributed by atoms with Crippen LogP contribution in [0.5, 0.6) is 0 Å². The minimum Gasteiger partial charge on any atom is -0.467 e. The molecular weight excluding hydrogens is 325 g/mol. The molecule has 0 saturated heterocycles. The van der Waals surface area contributed by atoms with Crippen molar-refractivity contribution in [2.24, 2.45) is 0 Å². The van der Waals surface area contributed by atoms with Crippen molar-refractivity contribution in [3.63, 3.8) is 0 Å². The van der Waals surface area contributed by atoms with E-state index in [0.29, 0.717) is 5.56 Å². The number of methoxy groups -OCH3 is 1. The number of hydrogen-bond donors (Lipinski definition) is 1. The maximum atomic E-state index is 13.3. The molecule has 0 aliphatic rings. The number of nitrogens with one attached hydrogen (secondary N) is 1. The van der Waals surface area contributed by atoms with Gasteiger partial charge in [-0.15, -0.1) is 0 Å². The zero-order valence-electron chi connectivity index (χ0n) is 10.8. The van der Waals surface area contributed by atoms with Crippen LogP contribution < -0.4 is 5.32 Å². The van der Waals surface area contributed by atoms with Crippen LogP contribution in [0.1, 0.15) is 11.6 Å². The molecule has 2 rings (SSSR count). The molecule has 0 bridgehead atoms. The molecule has 104 valence electrons. The highest BCUT2D eigenvalue weighted by molar-refractivity contribution is 9.10. The van der Waals surface area contributed by atoms with Crippen molar-refractivity contribution < 1.29 is 13.9 Å². The summed E-state index contributed by atoms with van der Waals surface area (Å²) in [5, 5.41) is 3.04. The molecule has 0 aromatic heterocycles. The van der Waals surface area contributed by atoms with Crippen molar-refractivity contribution in [1.29, 1.82) is 0 Å². The Balaban J connectivity index is 2.28. The normalized spacial score (nSPS) is 11.8. The lowest BCUT2D eigenvalue weighted by molar-refractivity contribution is -0.141. The molecule has 0 radical (unpaired) electrons. The van der Waals surface area contributed by atoms with Crippen molar-refractivity contribution >= 4 is 27.6 Å². The fourth-order valence-corrected chi connectivity index (χ4v) is 2.06. The Morgan fingerprint density at radius 3 is 2.55 bits per heavy atom. The highest BCUT2D eigenvalue weighted by atomic mass is 79.9. The van der Waals surface area contributed by atoms with E-state index in [1.807, 2.05) is 24.3 Å². The molecule has 0 saturated carbocycles. The van der Waals surface area contributed by atoms with Gasteiger partial charge in [0.15, 0.2) is 6.04 Å². The smallest absolute Gasteiger partial charge is 0.332 e. The molecule has 1 unspecified atom stereocenters. The summed E-state index contributed by atoms with van der Waals surface area (Å²) in [6.45, 7) is 0. The van der Waals surface area contributed by atoms with Gasteiger partial charge in [-0.05, 0) is 42.0 Å². The van der Waals surface area contributed by atoms with Crippen LogP contribution in [0, 0.1) is 5.82 Å². The molecule has 3 nitrogen and oxygen atoms in total. The van der Waals surface area contributed by atoms with Gasteiger partial charge in [-0.25, -0.2) is 9.18 Å². The average molecular weight is 338 g/mol. The minimum absolute atomic E-state index is 0.394. The molecule has 0 aliphatic heterocycles. The number of benzene rings is 2. The van der Waals surface area contributed by atoms with E-state index in [1.165, 1.54) is 19.2 Å². The molecule has 0 fully saturated rings. The number of halogens is 2. The predicted octanol–water partition coefficient (Wildman–Crippen LogP) is 3.91. The quantitative estimate of drug-likeness (QED) is 0.859. The number of esters is 1. The summed E-state index contributed by atoms with van der Waals surface area (Å²) in [7, 11) is 1.30. The molecule has 20 heavy (non-hydrogen) atoms. The molecule has 1 atom stereocenters. The minimum atomic E-state index is -0.753. The fourth-order valence-electron chi connectivity index (χ4n) is 1.80. The van der Waals surface area contributed by atoms with Crippen LogP contribution in [0.2, 0.25) is 0 Å². The second-order valence-electron chi connectivity index (χ2n) is 4.16. The Morgan fingerprint density at radius 1 is 1.25 bits per heavy atom. The van der Waals surface area contributed by atoms with E-state index < -0.39 is 17.8 Å².